The van der Waals surface area contributed by atoms with Crippen molar-refractivity contribution in [3.8, 4) is 5.75 Å². The molecular formula is C12H12N4O2. The molecule has 0 aliphatic carbocycles. The number of hydrogen-bond acceptors (Lipinski definition) is 4. The lowest BCUT2D eigenvalue weighted by atomic mass is 10.0. The molecule has 0 bridgehead atoms. The number of ether oxygens (including phenoxy) is 1. The summed E-state index contributed by atoms with van der Waals surface area (Å²) in [7, 11) is 1.62. The Kier molecular flexibility index (Phi) is 2.47. The Bertz CT molecular complexity index is 576. The van der Waals surface area contributed by atoms with E-state index in [1.54, 1.807) is 11.8 Å². The van der Waals surface area contributed by atoms with E-state index in [4.69, 9.17) is 4.74 Å². The molecule has 1 atom stereocenters. The second-order valence-corrected chi connectivity index (χ2v) is 4.07. The Morgan fingerprint density at radius 2 is 2.17 bits per heavy atom. The topological polar surface area (TPSA) is 69.0 Å². The molecule has 0 saturated heterocycles. The number of hydrogen-bond donors (Lipinski definition) is 1. The Morgan fingerprint density at radius 3 is 2.89 bits per heavy atom. The van der Waals surface area contributed by atoms with E-state index in [9.17, 15) is 4.79 Å². The second kappa shape index (κ2) is 4.14. The van der Waals surface area contributed by atoms with Crippen molar-refractivity contribution in [1.29, 1.82) is 0 Å². The van der Waals surface area contributed by atoms with Crippen LogP contribution in [0.25, 0.3) is 0 Å². The smallest absolute Gasteiger partial charge is 0.229 e. The van der Waals surface area contributed by atoms with Crippen LogP contribution in [0.15, 0.2) is 30.6 Å². The summed E-state index contributed by atoms with van der Waals surface area (Å²) < 4.78 is 6.84. The van der Waals surface area contributed by atoms with Gasteiger partial charge in [0.25, 0.3) is 0 Å². The summed E-state index contributed by atoms with van der Waals surface area (Å²) in [6, 6.07) is 7.51. The molecular weight excluding hydrogens is 232 g/mol. The predicted molar refractivity (Wildman–Crippen MR) is 64.4 cm³/mol. The van der Waals surface area contributed by atoms with E-state index in [0.29, 0.717) is 12.4 Å². The molecule has 6 nitrogen and oxygen atoms in total. The van der Waals surface area contributed by atoms with Crippen molar-refractivity contribution in [2.24, 2.45) is 0 Å². The van der Waals surface area contributed by atoms with Crippen LogP contribution >= 0.6 is 0 Å². The fraction of sp³-hybridized carbons (Fsp3) is 0.250. The standard InChI is InChI=1S/C12H12N4O2/c1-18-9-4-2-8(3-5-9)10-6-11(17)15-12-13-7-14-16(10)12/h2-5,7,10H,6H2,1H3,(H,13,14,15,17)/t10-/m0/s1. The summed E-state index contributed by atoms with van der Waals surface area (Å²) >= 11 is 0. The molecule has 0 spiro atoms. The van der Waals surface area contributed by atoms with Crippen LogP contribution in [-0.4, -0.2) is 27.8 Å². The summed E-state index contributed by atoms with van der Waals surface area (Å²) in [5.41, 5.74) is 1.01. The maximum Gasteiger partial charge on any atom is 0.229 e. The van der Waals surface area contributed by atoms with Gasteiger partial charge in [-0.2, -0.15) is 10.1 Å². The molecule has 0 fully saturated rings. The fourth-order valence-electron chi connectivity index (χ4n) is 2.09. The van der Waals surface area contributed by atoms with Gasteiger partial charge in [-0.05, 0) is 17.7 Å². The van der Waals surface area contributed by atoms with Crippen LogP contribution in [0, 0.1) is 0 Å². The molecule has 1 aromatic carbocycles. The Labute approximate surface area is 104 Å². The lowest BCUT2D eigenvalue weighted by molar-refractivity contribution is -0.117. The van der Waals surface area contributed by atoms with Crippen molar-refractivity contribution in [1.82, 2.24) is 14.8 Å². The summed E-state index contributed by atoms with van der Waals surface area (Å²) in [4.78, 5) is 15.6. The van der Waals surface area contributed by atoms with Gasteiger partial charge in [-0.15, -0.1) is 0 Å². The molecule has 92 valence electrons. The third kappa shape index (κ3) is 1.71. The number of fused-ring (bicyclic) bond motifs is 1. The summed E-state index contributed by atoms with van der Waals surface area (Å²) in [6.45, 7) is 0. The Balaban J connectivity index is 1.99. The molecule has 1 amide bonds. The molecule has 1 aliphatic heterocycles. The molecule has 0 saturated carbocycles. The SMILES string of the molecule is COc1ccc([C@@H]2CC(=O)Nc3ncnn32)cc1. The van der Waals surface area contributed by atoms with E-state index in [-0.39, 0.29) is 11.9 Å². The number of aromatic nitrogens is 3. The number of methoxy groups -OCH3 is 1. The molecule has 2 aromatic rings. The molecule has 2 heterocycles. The largest absolute Gasteiger partial charge is 0.497 e. The quantitative estimate of drug-likeness (QED) is 0.862. The maximum atomic E-state index is 11.6. The van der Waals surface area contributed by atoms with Crippen molar-refractivity contribution in [2.75, 3.05) is 12.4 Å². The van der Waals surface area contributed by atoms with Gasteiger partial charge in [-0.1, -0.05) is 12.1 Å². The average molecular weight is 244 g/mol. The number of carbonyl (C=O) groups is 1. The van der Waals surface area contributed by atoms with Crippen molar-refractivity contribution in [3.63, 3.8) is 0 Å². The lowest BCUT2D eigenvalue weighted by Crippen LogP contribution is -2.29. The molecule has 0 radical (unpaired) electrons. The third-order valence-electron chi connectivity index (χ3n) is 3.00. The summed E-state index contributed by atoms with van der Waals surface area (Å²) in [6.07, 6.45) is 1.81. The van der Waals surface area contributed by atoms with Gasteiger partial charge in [0.1, 0.15) is 12.1 Å². The van der Waals surface area contributed by atoms with Crippen LogP contribution in [0.1, 0.15) is 18.0 Å². The number of amides is 1. The lowest BCUT2D eigenvalue weighted by Gasteiger charge is -2.23. The minimum Gasteiger partial charge on any atom is -0.497 e. The third-order valence-corrected chi connectivity index (χ3v) is 3.00. The first-order valence-electron chi connectivity index (χ1n) is 5.61. The van der Waals surface area contributed by atoms with Crippen LogP contribution < -0.4 is 10.1 Å². The number of rotatable bonds is 2. The molecule has 6 heteroatoms. The molecule has 1 aliphatic rings. The molecule has 18 heavy (non-hydrogen) atoms. The van der Waals surface area contributed by atoms with Crippen LogP contribution in [0.3, 0.4) is 0 Å². The zero-order chi connectivity index (χ0) is 12.5. The van der Waals surface area contributed by atoms with Crippen molar-refractivity contribution in [2.45, 2.75) is 12.5 Å². The Morgan fingerprint density at radius 1 is 1.39 bits per heavy atom. The first kappa shape index (κ1) is 10.8. The van der Waals surface area contributed by atoms with Crippen LogP contribution in [-0.2, 0) is 4.79 Å². The van der Waals surface area contributed by atoms with E-state index >= 15 is 0 Å². The monoisotopic (exact) mass is 244 g/mol. The average Bonchev–Trinajstić information content (AvgIpc) is 2.86. The number of anilines is 1. The zero-order valence-electron chi connectivity index (χ0n) is 9.83. The first-order valence-corrected chi connectivity index (χ1v) is 5.61. The van der Waals surface area contributed by atoms with Crippen molar-refractivity contribution in [3.05, 3.63) is 36.2 Å². The highest BCUT2D eigenvalue weighted by Gasteiger charge is 2.27. The van der Waals surface area contributed by atoms with Gasteiger partial charge in [0.15, 0.2) is 0 Å². The van der Waals surface area contributed by atoms with Crippen LogP contribution in [0.2, 0.25) is 0 Å². The molecule has 0 unspecified atom stereocenters. The van der Waals surface area contributed by atoms with E-state index in [1.165, 1.54) is 6.33 Å². The zero-order valence-corrected chi connectivity index (χ0v) is 9.83. The van der Waals surface area contributed by atoms with Gasteiger partial charge >= 0.3 is 0 Å². The predicted octanol–water partition coefficient (Wildman–Crippen LogP) is 1.22. The number of nitrogens with one attached hydrogen (secondary N) is 1. The van der Waals surface area contributed by atoms with Gasteiger partial charge in [0.05, 0.1) is 19.6 Å². The molecule has 1 aromatic heterocycles. The van der Waals surface area contributed by atoms with Crippen LogP contribution in [0.5, 0.6) is 5.75 Å². The summed E-state index contributed by atoms with van der Waals surface area (Å²) in [5.74, 6) is 1.24. The Hall–Kier alpha value is -2.37. The van der Waals surface area contributed by atoms with Crippen molar-refractivity contribution < 1.29 is 9.53 Å². The normalized spacial score (nSPS) is 18.1. The number of nitrogens with zero attached hydrogens (tertiary/aromatic N) is 3. The molecule has 1 N–H and O–H groups in total. The highest BCUT2D eigenvalue weighted by Crippen LogP contribution is 2.29. The van der Waals surface area contributed by atoms with E-state index in [2.05, 4.69) is 15.4 Å². The first-order chi connectivity index (χ1) is 8.78. The van der Waals surface area contributed by atoms with E-state index in [1.807, 2.05) is 24.3 Å². The van der Waals surface area contributed by atoms with E-state index < -0.39 is 0 Å². The van der Waals surface area contributed by atoms with Gasteiger partial charge < -0.3 is 4.74 Å². The van der Waals surface area contributed by atoms with Crippen LogP contribution in [0.4, 0.5) is 5.95 Å². The highest BCUT2D eigenvalue weighted by molar-refractivity contribution is 5.91. The second-order valence-electron chi connectivity index (χ2n) is 4.07. The number of carbonyl (C=O) groups excluding carboxylic acids is 1. The van der Waals surface area contributed by atoms with Gasteiger partial charge in [-0.3, -0.25) is 10.1 Å². The molecule has 3 rings (SSSR count). The van der Waals surface area contributed by atoms with Gasteiger partial charge in [0, 0.05) is 0 Å². The van der Waals surface area contributed by atoms with E-state index in [0.717, 1.165) is 11.3 Å². The minimum absolute atomic E-state index is 0.0451. The fourth-order valence-corrected chi connectivity index (χ4v) is 2.09. The highest BCUT2D eigenvalue weighted by atomic mass is 16.5. The van der Waals surface area contributed by atoms with Gasteiger partial charge in [0.2, 0.25) is 11.9 Å². The minimum atomic E-state index is -0.109. The maximum absolute atomic E-state index is 11.6. The number of benzene rings is 1. The van der Waals surface area contributed by atoms with Gasteiger partial charge in [-0.25, -0.2) is 4.68 Å². The summed E-state index contributed by atoms with van der Waals surface area (Å²) in [5, 5.41) is 6.84. The van der Waals surface area contributed by atoms with Crippen molar-refractivity contribution >= 4 is 11.9 Å².